The van der Waals surface area contributed by atoms with Gasteiger partial charge >= 0.3 is 6.61 Å². The highest BCUT2D eigenvalue weighted by atomic mass is 35.5. The summed E-state index contributed by atoms with van der Waals surface area (Å²) in [6, 6.07) is 10.4. The van der Waals surface area contributed by atoms with Crippen molar-refractivity contribution in [3.63, 3.8) is 0 Å². The standard InChI is InChI=1S/C15H10Cl2F2O2/c16-11-3-6-13(17)10(7-11)8-14(20)9-1-4-12(5-2-9)21-15(18)19/h1-7,15H,8H2. The van der Waals surface area contributed by atoms with Crippen LogP contribution in [0.3, 0.4) is 0 Å². The van der Waals surface area contributed by atoms with Gasteiger partial charge in [-0.25, -0.2) is 0 Å². The van der Waals surface area contributed by atoms with Gasteiger partial charge in [-0.3, -0.25) is 4.79 Å². The van der Waals surface area contributed by atoms with E-state index in [-0.39, 0.29) is 18.0 Å². The summed E-state index contributed by atoms with van der Waals surface area (Å²) in [5.41, 5.74) is 0.995. The predicted octanol–water partition coefficient (Wildman–Crippen LogP) is 5.02. The lowest BCUT2D eigenvalue weighted by atomic mass is 10.0. The van der Waals surface area contributed by atoms with Gasteiger partial charge in [-0.05, 0) is 48.0 Å². The zero-order chi connectivity index (χ0) is 15.4. The summed E-state index contributed by atoms with van der Waals surface area (Å²) in [4.78, 5) is 12.1. The van der Waals surface area contributed by atoms with Crippen molar-refractivity contribution in [2.75, 3.05) is 0 Å². The Bertz CT molecular complexity index is 643. The lowest BCUT2D eigenvalue weighted by molar-refractivity contribution is -0.0498. The number of alkyl halides is 2. The van der Waals surface area contributed by atoms with Crippen LogP contribution < -0.4 is 4.74 Å². The maximum Gasteiger partial charge on any atom is 0.387 e. The van der Waals surface area contributed by atoms with Gasteiger partial charge in [-0.15, -0.1) is 0 Å². The highest BCUT2D eigenvalue weighted by molar-refractivity contribution is 6.33. The molecule has 0 unspecified atom stereocenters. The Labute approximate surface area is 130 Å². The van der Waals surface area contributed by atoms with E-state index in [0.717, 1.165) is 0 Å². The molecule has 0 spiro atoms. The summed E-state index contributed by atoms with van der Waals surface area (Å²) in [5.74, 6) is -0.190. The molecule has 2 aromatic carbocycles. The molecule has 110 valence electrons. The molecule has 0 aliphatic heterocycles. The van der Waals surface area contributed by atoms with E-state index in [2.05, 4.69) is 4.74 Å². The molecule has 0 fully saturated rings. The zero-order valence-electron chi connectivity index (χ0n) is 10.7. The highest BCUT2D eigenvalue weighted by Crippen LogP contribution is 2.23. The Balaban J connectivity index is 2.11. The van der Waals surface area contributed by atoms with Crippen molar-refractivity contribution < 1.29 is 18.3 Å². The Morgan fingerprint density at radius 2 is 1.76 bits per heavy atom. The highest BCUT2D eigenvalue weighted by Gasteiger charge is 2.11. The number of carbonyl (C=O) groups excluding carboxylic acids is 1. The molecule has 0 atom stereocenters. The van der Waals surface area contributed by atoms with Gasteiger partial charge in [0.2, 0.25) is 0 Å². The maximum atomic E-state index is 12.1. The molecule has 21 heavy (non-hydrogen) atoms. The van der Waals surface area contributed by atoms with E-state index in [1.807, 2.05) is 0 Å². The van der Waals surface area contributed by atoms with Crippen molar-refractivity contribution in [1.29, 1.82) is 0 Å². The largest absolute Gasteiger partial charge is 0.435 e. The third-order valence-corrected chi connectivity index (χ3v) is 3.36. The number of ether oxygens (including phenoxy) is 1. The molecule has 0 bridgehead atoms. The number of halogens is 4. The first-order valence-electron chi connectivity index (χ1n) is 5.97. The van der Waals surface area contributed by atoms with Gasteiger partial charge < -0.3 is 4.74 Å². The maximum absolute atomic E-state index is 12.1. The van der Waals surface area contributed by atoms with Crippen molar-refractivity contribution in [1.82, 2.24) is 0 Å². The minimum absolute atomic E-state index is 0.00216. The van der Waals surface area contributed by atoms with Gasteiger partial charge in [0.05, 0.1) is 0 Å². The van der Waals surface area contributed by atoms with Crippen molar-refractivity contribution in [3.8, 4) is 5.75 Å². The number of rotatable bonds is 5. The normalized spacial score (nSPS) is 10.7. The van der Waals surface area contributed by atoms with Crippen molar-refractivity contribution >= 4 is 29.0 Å². The molecular formula is C15H10Cl2F2O2. The van der Waals surface area contributed by atoms with Gasteiger partial charge in [-0.2, -0.15) is 8.78 Å². The van der Waals surface area contributed by atoms with Crippen LogP contribution in [-0.2, 0) is 6.42 Å². The second-order valence-electron chi connectivity index (χ2n) is 4.24. The smallest absolute Gasteiger partial charge is 0.387 e. The van der Waals surface area contributed by atoms with Crippen molar-refractivity contribution in [2.24, 2.45) is 0 Å². The van der Waals surface area contributed by atoms with Gasteiger partial charge in [0.15, 0.2) is 5.78 Å². The molecular weight excluding hydrogens is 321 g/mol. The summed E-state index contributed by atoms with van der Waals surface area (Å²) in [6.07, 6.45) is 0.0778. The van der Waals surface area contributed by atoms with Crippen LogP contribution in [0, 0.1) is 0 Å². The summed E-state index contributed by atoms with van der Waals surface area (Å²) in [7, 11) is 0. The summed E-state index contributed by atoms with van der Waals surface area (Å²) in [6.45, 7) is -2.89. The number of ketones is 1. The molecule has 6 heteroatoms. The SMILES string of the molecule is O=C(Cc1cc(Cl)ccc1Cl)c1ccc(OC(F)F)cc1. The fraction of sp³-hybridized carbons (Fsp3) is 0.133. The molecule has 0 amide bonds. The molecule has 2 rings (SSSR count). The lowest BCUT2D eigenvalue weighted by Crippen LogP contribution is -2.05. The summed E-state index contributed by atoms with van der Waals surface area (Å²) < 4.78 is 28.3. The van der Waals surface area contributed by atoms with Crippen LogP contribution in [0.25, 0.3) is 0 Å². The Hall–Kier alpha value is -1.65. The van der Waals surface area contributed by atoms with Crippen LogP contribution in [0.4, 0.5) is 8.78 Å². The first kappa shape index (κ1) is 15.7. The molecule has 0 saturated carbocycles. The number of benzene rings is 2. The van der Waals surface area contributed by atoms with Gasteiger partial charge in [-0.1, -0.05) is 23.2 Å². The van der Waals surface area contributed by atoms with Crippen LogP contribution >= 0.6 is 23.2 Å². The molecule has 0 saturated heterocycles. The zero-order valence-corrected chi connectivity index (χ0v) is 12.2. The van der Waals surface area contributed by atoms with Crippen LogP contribution in [0.15, 0.2) is 42.5 Å². The predicted molar refractivity (Wildman–Crippen MR) is 77.6 cm³/mol. The van der Waals surface area contributed by atoms with E-state index < -0.39 is 6.61 Å². The van der Waals surface area contributed by atoms with Crippen LogP contribution in [0.5, 0.6) is 5.75 Å². The second-order valence-corrected chi connectivity index (χ2v) is 5.08. The van der Waals surface area contributed by atoms with Crippen LogP contribution in [-0.4, -0.2) is 12.4 Å². The monoisotopic (exact) mass is 330 g/mol. The molecule has 2 nitrogen and oxygen atoms in total. The molecule has 0 aromatic heterocycles. The van der Waals surface area contributed by atoms with Crippen LogP contribution in [0.1, 0.15) is 15.9 Å². The molecule has 0 N–H and O–H groups in total. The fourth-order valence-corrected chi connectivity index (χ4v) is 2.16. The average molecular weight is 331 g/mol. The van der Waals surface area contributed by atoms with E-state index in [9.17, 15) is 13.6 Å². The van der Waals surface area contributed by atoms with Gasteiger partial charge in [0, 0.05) is 22.0 Å². The van der Waals surface area contributed by atoms with Gasteiger partial charge in [0.1, 0.15) is 5.75 Å². The summed E-state index contributed by atoms with van der Waals surface area (Å²) in [5, 5.41) is 0.938. The van der Waals surface area contributed by atoms with Gasteiger partial charge in [0.25, 0.3) is 0 Å². The fourth-order valence-electron chi connectivity index (χ4n) is 1.78. The van der Waals surface area contributed by atoms with E-state index >= 15 is 0 Å². The van der Waals surface area contributed by atoms with Crippen molar-refractivity contribution in [3.05, 3.63) is 63.6 Å². The Kier molecular flexibility index (Phi) is 5.15. The first-order valence-corrected chi connectivity index (χ1v) is 6.73. The molecule has 0 heterocycles. The topological polar surface area (TPSA) is 26.3 Å². The third kappa shape index (κ3) is 4.41. The number of hydrogen-bond acceptors (Lipinski definition) is 2. The number of carbonyl (C=O) groups is 1. The quantitative estimate of drug-likeness (QED) is 0.719. The summed E-state index contributed by atoms with van der Waals surface area (Å²) >= 11 is 11.9. The number of hydrogen-bond donors (Lipinski definition) is 0. The lowest BCUT2D eigenvalue weighted by Gasteiger charge is -2.07. The first-order chi connectivity index (χ1) is 9.95. The molecule has 2 aromatic rings. The second kappa shape index (κ2) is 6.87. The third-order valence-electron chi connectivity index (χ3n) is 2.76. The Morgan fingerprint density at radius 3 is 2.38 bits per heavy atom. The van der Waals surface area contributed by atoms with Crippen LogP contribution in [0.2, 0.25) is 10.0 Å². The van der Waals surface area contributed by atoms with E-state index in [4.69, 9.17) is 23.2 Å². The molecule has 0 aliphatic rings. The minimum atomic E-state index is -2.89. The van der Waals surface area contributed by atoms with E-state index in [1.165, 1.54) is 24.3 Å². The molecule has 0 radical (unpaired) electrons. The average Bonchev–Trinajstić information content (AvgIpc) is 2.43. The van der Waals surface area contributed by atoms with E-state index in [0.29, 0.717) is 21.2 Å². The minimum Gasteiger partial charge on any atom is -0.435 e. The number of Topliss-reactive ketones (excluding diaryl/α,β-unsaturated/α-hetero) is 1. The molecule has 0 aliphatic carbocycles. The Morgan fingerprint density at radius 1 is 1.10 bits per heavy atom. The van der Waals surface area contributed by atoms with Crippen molar-refractivity contribution in [2.45, 2.75) is 13.0 Å². The van der Waals surface area contributed by atoms with E-state index in [1.54, 1.807) is 18.2 Å².